The molecule has 1 atom stereocenters. The van der Waals surface area contributed by atoms with Gasteiger partial charge in [0.2, 0.25) is 0 Å². The number of likely N-dealkylation sites (tertiary alicyclic amines) is 1. The van der Waals surface area contributed by atoms with Crippen LogP contribution in [0, 0.1) is 0 Å². The van der Waals surface area contributed by atoms with Crippen LogP contribution in [0.1, 0.15) is 12.8 Å². The van der Waals surface area contributed by atoms with Gasteiger partial charge in [0.05, 0.1) is 11.8 Å². The molecule has 3 aromatic rings. The first kappa shape index (κ1) is 26.2. The van der Waals surface area contributed by atoms with E-state index < -0.39 is 0 Å². The number of urea groups is 1. The predicted octanol–water partition coefficient (Wildman–Crippen LogP) is 4.12. The summed E-state index contributed by atoms with van der Waals surface area (Å²) in [6.45, 7) is 7.08. The van der Waals surface area contributed by atoms with Gasteiger partial charge in [-0.3, -0.25) is 4.90 Å². The molecule has 0 spiro atoms. The van der Waals surface area contributed by atoms with Crippen molar-refractivity contribution >= 4 is 17.4 Å². The number of nitrogens with zero attached hydrogens (tertiary/aromatic N) is 3. The molecule has 2 aliphatic rings. The molecule has 38 heavy (non-hydrogen) atoms. The van der Waals surface area contributed by atoms with E-state index in [1.165, 1.54) is 5.69 Å². The molecule has 2 saturated heterocycles. The summed E-state index contributed by atoms with van der Waals surface area (Å²) in [6.07, 6.45) is 1.41. The van der Waals surface area contributed by atoms with Gasteiger partial charge in [-0.1, -0.05) is 66.7 Å². The first-order valence-electron chi connectivity index (χ1n) is 13.8. The van der Waals surface area contributed by atoms with Crippen LogP contribution in [0.15, 0.2) is 84.9 Å². The van der Waals surface area contributed by atoms with E-state index in [0.717, 1.165) is 68.9 Å². The first-order valence-corrected chi connectivity index (χ1v) is 13.8. The number of carbonyl (C=O) groups is 1. The number of aliphatic hydroxyl groups excluding tert-OH is 1. The summed E-state index contributed by atoms with van der Waals surface area (Å²) >= 11 is 0. The third-order valence-electron chi connectivity index (χ3n) is 7.61. The van der Waals surface area contributed by atoms with Crippen LogP contribution in [-0.4, -0.2) is 85.4 Å². The van der Waals surface area contributed by atoms with Crippen molar-refractivity contribution in [1.29, 1.82) is 0 Å². The quantitative estimate of drug-likeness (QED) is 0.423. The molecule has 0 aliphatic carbocycles. The number of β-amino-alcohol motifs (C(OH)–C–C–N with tert-alkyl or cyclic N) is 1. The molecule has 0 radical (unpaired) electrons. The molecule has 0 saturated carbocycles. The van der Waals surface area contributed by atoms with Gasteiger partial charge in [0, 0.05) is 69.7 Å². The SMILES string of the molecule is O=C(Nc1ccccc1-c1ccccc1)NC1CCN(CC(O)CN2CCN(c3ccccc3)CC2)CC1. The zero-order chi connectivity index (χ0) is 26.2. The van der Waals surface area contributed by atoms with Crippen LogP contribution < -0.4 is 15.5 Å². The largest absolute Gasteiger partial charge is 0.390 e. The van der Waals surface area contributed by atoms with E-state index in [1.54, 1.807) is 0 Å². The number of hydrogen-bond donors (Lipinski definition) is 3. The Kier molecular flexibility index (Phi) is 8.91. The Morgan fingerprint density at radius 3 is 2.03 bits per heavy atom. The molecule has 0 bridgehead atoms. The lowest BCUT2D eigenvalue weighted by Crippen LogP contribution is -2.51. The Hall–Kier alpha value is -3.39. The number of carbonyl (C=O) groups excluding carboxylic acids is 1. The van der Waals surface area contributed by atoms with Crippen LogP contribution in [0.25, 0.3) is 11.1 Å². The minimum absolute atomic E-state index is 0.137. The van der Waals surface area contributed by atoms with Crippen molar-refractivity contribution in [3.8, 4) is 11.1 Å². The summed E-state index contributed by atoms with van der Waals surface area (Å²) in [4.78, 5) is 19.9. The molecule has 1 unspecified atom stereocenters. The second kappa shape index (κ2) is 12.9. The smallest absolute Gasteiger partial charge is 0.319 e. The number of hydrogen-bond acceptors (Lipinski definition) is 5. The third-order valence-corrected chi connectivity index (χ3v) is 7.61. The Labute approximate surface area is 226 Å². The molecule has 7 heteroatoms. The van der Waals surface area contributed by atoms with E-state index in [-0.39, 0.29) is 18.2 Å². The minimum Gasteiger partial charge on any atom is -0.390 e. The van der Waals surface area contributed by atoms with Crippen molar-refractivity contribution < 1.29 is 9.90 Å². The summed E-state index contributed by atoms with van der Waals surface area (Å²) in [5.41, 5.74) is 4.17. The number of aliphatic hydroxyl groups is 1. The van der Waals surface area contributed by atoms with Crippen LogP contribution in [0.3, 0.4) is 0 Å². The van der Waals surface area contributed by atoms with Crippen LogP contribution >= 0.6 is 0 Å². The lowest BCUT2D eigenvalue weighted by Gasteiger charge is -2.38. The van der Waals surface area contributed by atoms with E-state index in [0.29, 0.717) is 13.1 Å². The standard InChI is InChI=1S/C31H39N5O2/c37-28(24-35-19-21-36(22-20-35)27-11-5-2-6-12-27)23-34-17-15-26(16-18-34)32-31(38)33-30-14-8-7-13-29(30)25-9-3-1-4-10-25/h1-14,26,28,37H,15-24H2,(H2,32,33,38). The molecular weight excluding hydrogens is 474 g/mol. The molecule has 5 rings (SSSR count). The molecule has 3 N–H and O–H groups in total. The number of benzene rings is 3. The number of nitrogens with one attached hydrogen (secondary N) is 2. The van der Waals surface area contributed by atoms with E-state index >= 15 is 0 Å². The van der Waals surface area contributed by atoms with Gasteiger partial charge in [-0.15, -0.1) is 0 Å². The molecule has 2 heterocycles. The summed E-state index contributed by atoms with van der Waals surface area (Å²) < 4.78 is 0. The van der Waals surface area contributed by atoms with Gasteiger partial charge < -0.3 is 25.5 Å². The maximum Gasteiger partial charge on any atom is 0.319 e. The second-order valence-electron chi connectivity index (χ2n) is 10.4. The number of anilines is 2. The van der Waals surface area contributed by atoms with Crippen molar-refractivity contribution in [3.63, 3.8) is 0 Å². The zero-order valence-electron chi connectivity index (χ0n) is 22.0. The highest BCUT2D eigenvalue weighted by Crippen LogP contribution is 2.27. The van der Waals surface area contributed by atoms with Crippen molar-refractivity contribution in [2.45, 2.75) is 25.0 Å². The van der Waals surface area contributed by atoms with Gasteiger partial charge in [0.15, 0.2) is 0 Å². The highest BCUT2D eigenvalue weighted by atomic mass is 16.3. The highest BCUT2D eigenvalue weighted by molar-refractivity contribution is 5.94. The van der Waals surface area contributed by atoms with E-state index in [2.05, 4.69) is 55.7 Å². The summed E-state index contributed by atoms with van der Waals surface area (Å²) in [7, 11) is 0. The minimum atomic E-state index is -0.361. The first-order chi connectivity index (χ1) is 18.6. The van der Waals surface area contributed by atoms with Crippen molar-refractivity contribution in [3.05, 3.63) is 84.9 Å². The van der Waals surface area contributed by atoms with Crippen molar-refractivity contribution in [1.82, 2.24) is 15.1 Å². The zero-order valence-corrected chi connectivity index (χ0v) is 22.0. The van der Waals surface area contributed by atoms with Crippen molar-refractivity contribution in [2.75, 3.05) is 62.6 Å². The molecule has 2 amide bonds. The second-order valence-corrected chi connectivity index (χ2v) is 10.4. The fourth-order valence-corrected chi connectivity index (χ4v) is 5.55. The number of rotatable bonds is 8. The lowest BCUT2D eigenvalue weighted by molar-refractivity contribution is 0.0619. The maximum atomic E-state index is 12.8. The molecule has 0 aromatic heterocycles. The summed E-state index contributed by atoms with van der Waals surface area (Å²) in [6, 6.07) is 28.5. The molecule has 3 aromatic carbocycles. The Morgan fingerprint density at radius 1 is 0.763 bits per heavy atom. The van der Waals surface area contributed by atoms with Gasteiger partial charge in [0.1, 0.15) is 0 Å². The molecule has 2 fully saturated rings. The lowest BCUT2D eigenvalue weighted by atomic mass is 10.0. The van der Waals surface area contributed by atoms with Crippen molar-refractivity contribution in [2.24, 2.45) is 0 Å². The number of amides is 2. The average Bonchev–Trinajstić information content (AvgIpc) is 2.96. The Morgan fingerprint density at radius 2 is 1.34 bits per heavy atom. The van der Waals surface area contributed by atoms with Gasteiger partial charge in [-0.2, -0.15) is 0 Å². The van der Waals surface area contributed by atoms with Gasteiger partial charge in [0.25, 0.3) is 0 Å². The molecule has 2 aliphatic heterocycles. The van der Waals surface area contributed by atoms with Crippen LogP contribution in [0.2, 0.25) is 0 Å². The van der Waals surface area contributed by atoms with Gasteiger partial charge >= 0.3 is 6.03 Å². The number of para-hydroxylation sites is 2. The van der Waals surface area contributed by atoms with E-state index in [4.69, 9.17) is 0 Å². The van der Waals surface area contributed by atoms with Crippen LogP contribution in [-0.2, 0) is 0 Å². The summed E-state index contributed by atoms with van der Waals surface area (Å²) in [5, 5.41) is 17.0. The highest BCUT2D eigenvalue weighted by Gasteiger charge is 2.24. The van der Waals surface area contributed by atoms with Gasteiger partial charge in [-0.05, 0) is 36.6 Å². The number of piperidine rings is 1. The van der Waals surface area contributed by atoms with E-state index in [9.17, 15) is 9.90 Å². The Bertz CT molecular complexity index is 1140. The molecule has 200 valence electrons. The third kappa shape index (κ3) is 7.13. The fraction of sp³-hybridized carbons (Fsp3) is 0.387. The summed E-state index contributed by atoms with van der Waals surface area (Å²) in [5.74, 6) is 0. The number of piperazine rings is 1. The average molecular weight is 514 g/mol. The maximum absolute atomic E-state index is 12.8. The molecule has 7 nitrogen and oxygen atoms in total. The predicted molar refractivity (Wildman–Crippen MR) is 155 cm³/mol. The normalized spacial score (nSPS) is 18.2. The van der Waals surface area contributed by atoms with Crippen LogP contribution in [0.5, 0.6) is 0 Å². The van der Waals surface area contributed by atoms with E-state index in [1.807, 2.05) is 54.6 Å². The molecular formula is C31H39N5O2. The topological polar surface area (TPSA) is 71.1 Å². The monoisotopic (exact) mass is 513 g/mol. The fourth-order valence-electron chi connectivity index (χ4n) is 5.55. The van der Waals surface area contributed by atoms with Gasteiger partial charge in [-0.25, -0.2) is 4.79 Å². The van der Waals surface area contributed by atoms with Crippen LogP contribution in [0.4, 0.5) is 16.2 Å². The Balaban J connectivity index is 1.02.